The van der Waals surface area contributed by atoms with Gasteiger partial charge in [-0.25, -0.2) is 4.79 Å². The third-order valence-electron chi connectivity index (χ3n) is 5.40. The molecular weight excluding hydrogens is 374 g/mol. The topological polar surface area (TPSA) is 121 Å². The first kappa shape index (κ1) is 19.4. The molecule has 1 heterocycles. The lowest BCUT2D eigenvalue weighted by molar-refractivity contribution is -0.139. The molecule has 2 amide bonds. The van der Waals surface area contributed by atoms with Crippen molar-refractivity contribution in [3.8, 4) is 11.4 Å². The highest BCUT2D eigenvalue weighted by atomic mass is 16.5. The Morgan fingerprint density at radius 3 is 2.76 bits per heavy atom. The number of aliphatic carboxylic acids is 1. The minimum absolute atomic E-state index is 0.0542. The van der Waals surface area contributed by atoms with Gasteiger partial charge in [0.1, 0.15) is 0 Å². The third kappa shape index (κ3) is 5.11. The number of hydrogen-bond donors (Lipinski definition) is 3. The Morgan fingerprint density at radius 1 is 1.31 bits per heavy atom. The zero-order chi connectivity index (χ0) is 20.4. The number of rotatable bonds is 8. The Balaban J connectivity index is 1.27. The summed E-state index contributed by atoms with van der Waals surface area (Å²) in [4.78, 5) is 29.7. The van der Waals surface area contributed by atoms with E-state index in [1.54, 1.807) is 19.1 Å². The molecule has 2 aliphatic carbocycles. The van der Waals surface area contributed by atoms with Crippen LogP contribution in [0.1, 0.15) is 31.6 Å². The summed E-state index contributed by atoms with van der Waals surface area (Å²) in [5.74, 6) is 0.799. The fourth-order valence-corrected chi connectivity index (χ4v) is 3.66. The normalized spacial score (nSPS) is 20.9. The number of carboxylic acids is 1. The van der Waals surface area contributed by atoms with Crippen molar-refractivity contribution in [3.63, 3.8) is 0 Å². The summed E-state index contributed by atoms with van der Waals surface area (Å²) in [5.41, 5.74) is 1.40. The van der Waals surface area contributed by atoms with Gasteiger partial charge in [-0.05, 0) is 43.7 Å². The van der Waals surface area contributed by atoms with Gasteiger partial charge in [-0.15, -0.1) is 0 Å². The second kappa shape index (κ2) is 8.20. The number of aryl methyl sites for hydroxylation is 1. The van der Waals surface area contributed by atoms with Gasteiger partial charge in [0.15, 0.2) is 0 Å². The van der Waals surface area contributed by atoms with E-state index in [1.807, 2.05) is 17.0 Å². The summed E-state index contributed by atoms with van der Waals surface area (Å²) in [5, 5.41) is 18.8. The van der Waals surface area contributed by atoms with E-state index >= 15 is 0 Å². The number of nitrogens with one attached hydrogen (secondary N) is 2. The van der Waals surface area contributed by atoms with Crippen LogP contribution in [0.15, 0.2) is 28.8 Å². The van der Waals surface area contributed by atoms with Crippen molar-refractivity contribution in [3.05, 3.63) is 30.2 Å². The highest BCUT2D eigenvalue weighted by Gasteiger charge is 2.37. The molecule has 29 heavy (non-hydrogen) atoms. The highest BCUT2D eigenvalue weighted by Crippen LogP contribution is 2.33. The lowest BCUT2D eigenvalue weighted by atomic mass is 9.85. The van der Waals surface area contributed by atoms with Crippen molar-refractivity contribution >= 4 is 17.7 Å². The minimum atomic E-state index is -0.795. The van der Waals surface area contributed by atoms with E-state index in [1.165, 1.54) is 12.8 Å². The SMILES string of the molecule is Cc1nc(-c2cccc(NC(=O)NC3CC(N(CC(=O)O)CC4CC4)C3)c2)no1. The summed E-state index contributed by atoms with van der Waals surface area (Å²) >= 11 is 0. The number of anilines is 1. The average molecular weight is 399 g/mol. The fraction of sp³-hybridized carbons (Fsp3) is 0.500. The van der Waals surface area contributed by atoms with Crippen LogP contribution in [0.3, 0.4) is 0 Å². The predicted molar refractivity (Wildman–Crippen MR) is 105 cm³/mol. The number of carboxylic acid groups (broad SMARTS) is 1. The molecule has 9 nitrogen and oxygen atoms in total. The molecule has 2 saturated carbocycles. The maximum atomic E-state index is 12.3. The number of hydrogen-bond acceptors (Lipinski definition) is 6. The van der Waals surface area contributed by atoms with Crippen LogP contribution in [0.2, 0.25) is 0 Å². The number of urea groups is 1. The molecule has 0 spiro atoms. The van der Waals surface area contributed by atoms with Gasteiger partial charge in [-0.3, -0.25) is 9.69 Å². The Bertz CT molecular complexity index is 889. The van der Waals surface area contributed by atoms with Crippen molar-refractivity contribution in [2.45, 2.75) is 44.7 Å². The fourth-order valence-electron chi connectivity index (χ4n) is 3.66. The van der Waals surface area contributed by atoms with Gasteiger partial charge in [0, 0.05) is 36.8 Å². The van der Waals surface area contributed by atoms with Gasteiger partial charge in [0.25, 0.3) is 0 Å². The van der Waals surface area contributed by atoms with Crippen LogP contribution in [0.25, 0.3) is 11.4 Å². The first-order valence-electron chi connectivity index (χ1n) is 9.90. The number of amides is 2. The van der Waals surface area contributed by atoms with Crippen LogP contribution in [0, 0.1) is 12.8 Å². The molecule has 154 valence electrons. The van der Waals surface area contributed by atoms with Gasteiger partial charge in [0.05, 0.1) is 6.54 Å². The Kier molecular flexibility index (Phi) is 5.48. The number of nitrogens with zero attached hydrogens (tertiary/aromatic N) is 3. The van der Waals surface area contributed by atoms with Gasteiger partial charge in [-0.2, -0.15) is 4.98 Å². The molecule has 2 aromatic rings. The second-order valence-electron chi connectivity index (χ2n) is 7.90. The van der Waals surface area contributed by atoms with Crippen LogP contribution >= 0.6 is 0 Å². The number of carbonyl (C=O) groups excluding carboxylic acids is 1. The van der Waals surface area contributed by atoms with Gasteiger partial charge >= 0.3 is 12.0 Å². The standard InChI is InChI=1S/C20H25N5O4/c1-12-21-19(24-29-12)14-3-2-4-15(7-14)22-20(28)23-16-8-17(9-16)25(11-18(26)27)10-13-5-6-13/h2-4,7,13,16-17H,5-6,8-11H2,1H3,(H,26,27)(H2,22,23,28). The largest absolute Gasteiger partial charge is 0.480 e. The minimum Gasteiger partial charge on any atom is -0.480 e. The zero-order valence-corrected chi connectivity index (χ0v) is 16.3. The monoisotopic (exact) mass is 399 g/mol. The molecule has 1 aromatic heterocycles. The Morgan fingerprint density at radius 2 is 2.10 bits per heavy atom. The van der Waals surface area contributed by atoms with E-state index in [2.05, 4.69) is 20.8 Å². The number of aromatic nitrogens is 2. The molecule has 0 saturated heterocycles. The van der Waals surface area contributed by atoms with Crippen LogP contribution in [0.4, 0.5) is 10.5 Å². The first-order chi connectivity index (χ1) is 14.0. The molecule has 2 aliphatic rings. The van der Waals surface area contributed by atoms with Crippen LogP contribution in [0.5, 0.6) is 0 Å². The smallest absolute Gasteiger partial charge is 0.319 e. The van der Waals surface area contributed by atoms with E-state index in [4.69, 9.17) is 9.63 Å². The second-order valence-corrected chi connectivity index (χ2v) is 7.90. The Labute approximate surface area is 168 Å². The number of carbonyl (C=O) groups is 2. The van der Waals surface area contributed by atoms with E-state index in [0.717, 1.165) is 24.9 Å². The summed E-state index contributed by atoms with van der Waals surface area (Å²) in [6, 6.07) is 7.25. The van der Waals surface area contributed by atoms with Crippen molar-refractivity contribution in [2.24, 2.45) is 5.92 Å². The van der Waals surface area contributed by atoms with Crippen LogP contribution in [-0.2, 0) is 4.79 Å². The predicted octanol–water partition coefficient (Wildman–Crippen LogP) is 2.49. The molecular formula is C20H25N5O4. The first-order valence-corrected chi connectivity index (χ1v) is 9.90. The van der Waals surface area contributed by atoms with Crippen molar-refractivity contribution < 1.29 is 19.2 Å². The zero-order valence-electron chi connectivity index (χ0n) is 16.3. The lowest BCUT2D eigenvalue weighted by Crippen LogP contribution is -2.55. The van der Waals surface area contributed by atoms with E-state index in [9.17, 15) is 9.59 Å². The van der Waals surface area contributed by atoms with Gasteiger partial charge in [-0.1, -0.05) is 17.3 Å². The number of benzene rings is 1. The quantitative estimate of drug-likeness (QED) is 0.623. The van der Waals surface area contributed by atoms with Gasteiger partial charge < -0.3 is 20.3 Å². The van der Waals surface area contributed by atoms with E-state index in [0.29, 0.717) is 23.3 Å². The lowest BCUT2D eigenvalue weighted by Gasteiger charge is -2.42. The molecule has 9 heteroatoms. The molecule has 0 radical (unpaired) electrons. The van der Waals surface area contributed by atoms with Crippen LogP contribution < -0.4 is 10.6 Å². The van der Waals surface area contributed by atoms with Crippen molar-refractivity contribution in [1.82, 2.24) is 20.4 Å². The Hall–Kier alpha value is -2.94. The molecule has 3 N–H and O–H groups in total. The summed E-state index contributed by atoms with van der Waals surface area (Å²) in [6.45, 7) is 2.64. The summed E-state index contributed by atoms with van der Waals surface area (Å²) < 4.78 is 4.99. The van der Waals surface area contributed by atoms with Gasteiger partial charge in [0.2, 0.25) is 11.7 Å². The average Bonchev–Trinajstić information content (AvgIpc) is 3.34. The summed E-state index contributed by atoms with van der Waals surface area (Å²) in [6.07, 6.45) is 3.93. The molecule has 0 bridgehead atoms. The highest BCUT2D eigenvalue weighted by molar-refractivity contribution is 5.90. The molecule has 0 unspecified atom stereocenters. The summed E-state index contributed by atoms with van der Waals surface area (Å²) in [7, 11) is 0. The molecule has 2 fully saturated rings. The van der Waals surface area contributed by atoms with Crippen molar-refractivity contribution in [2.75, 3.05) is 18.4 Å². The van der Waals surface area contributed by atoms with Crippen molar-refractivity contribution in [1.29, 1.82) is 0 Å². The van der Waals surface area contributed by atoms with Crippen LogP contribution in [-0.4, -0.2) is 57.3 Å². The maximum Gasteiger partial charge on any atom is 0.319 e. The molecule has 0 atom stereocenters. The van der Waals surface area contributed by atoms with E-state index in [-0.39, 0.29) is 24.7 Å². The molecule has 4 rings (SSSR count). The third-order valence-corrected chi connectivity index (χ3v) is 5.40. The molecule has 1 aromatic carbocycles. The molecule has 0 aliphatic heterocycles. The maximum absolute atomic E-state index is 12.3. The van der Waals surface area contributed by atoms with E-state index < -0.39 is 5.97 Å².